The molecule has 1 N–H and O–H groups in total. The van der Waals surface area contributed by atoms with E-state index in [9.17, 15) is 14.4 Å². The van der Waals surface area contributed by atoms with Crippen LogP contribution in [0.2, 0.25) is 5.02 Å². The summed E-state index contributed by atoms with van der Waals surface area (Å²) in [7, 11) is 1.25. The van der Waals surface area contributed by atoms with Crippen LogP contribution in [0.15, 0.2) is 70.6 Å². The number of nitrogens with one attached hydrogen (secondary N) is 1. The Morgan fingerprint density at radius 1 is 1.11 bits per heavy atom. The number of ether oxygens (including phenoxy) is 2. The minimum Gasteiger partial charge on any atom is -0.469 e. The number of nitrogens with zero attached hydrogens (tertiary/aromatic N) is 5. The van der Waals surface area contributed by atoms with E-state index in [-0.39, 0.29) is 19.0 Å². The van der Waals surface area contributed by atoms with Gasteiger partial charge in [0.05, 0.1) is 25.8 Å². The number of aromatic nitrogens is 5. The van der Waals surface area contributed by atoms with Gasteiger partial charge in [-0.2, -0.15) is 4.98 Å². The van der Waals surface area contributed by atoms with Crippen molar-refractivity contribution >= 4 is 29.2 Å². The van der Waals surface area contributed by atoms with Crippen molar-refractivity contribution in [2.24, 2.45) is 5.92 Å². The predicted molar refractivity (Wildman–Crippen MR) is 141 cm³/mol. The van der Waals surface area contributed by atoms with E-state index in [1.54, 1.807) is 55.6 Å². The lowest BCUT2D eigenvalue weighted by Crippen LogP contribution is -2.44. The smallest absolute Gasteiger partial charge is 0.354 e. The molecule has 2 heterocycles. The lowest BCUT2D eigenvalue weighted by Gasteiger charge is -2.17. The molecule has 196 valence electrons. The van der Waals surface area contributed by atoms with Gasteiger partial charge in [0.25, 0.3) is 0 Å². The number of methoxy groups -OCH3 is 1. The minimum absolute atomic E-state index is 0.0407. The number of carbonyl (C=O) groups is 1. The normalized spacial score (nSPS) is 11.6. The van der Waals surface area contributed by atoms with E-state index in [0.717, 1.165) is 15.7 Å². The molecule has 0 aliphatic rings. The largest absolute Gasteiger partial charge is 0.469 e. The van der Waals surface area contributed by atoms with Gasteiger partial charge in [-0.15, -0.1) is 0 Å². The van der Waals surface area contributed by atoms with Gasteiger partial charge in [-0.05, 0) is 48.4 Å². The third kappa shape index (κ3) is 6.24. The predicted octanol–water partition coefficient (Wildman–Crippen LogP) is 3.55. The first-order valence-electron chi connectivity index (χ1n) is 11.6. The molecule has 2 aromatic heterocycles. The molecule has 1 atom stereocenters. The van der Waals surface area contributed by atoms with Crippen molar-refractivity contribution in [1.29, 1.82) is 0 Å². The molecule has 0 amide bonds. The van der Waals surface area contributed by atoms with Gasteiger partial charge in [-0.1, -0.05) is 30.7 Å². The van der Waals surface area contributed by atoms with Crippen LogP contribution in [0.1, 0.15) is 18.1 Å². The number of rotatable bonds is 9. The molecule has 38 heavy (non-hydrogen) atoms. The van der Waals surface area contributed by atoms with Crippen LogP contribution in [0.5, 0.6) is 11.6 Å². The maximum Gasteiger partial charge on any atom is 0.354 e. The molecule has 11 nitrogen and oxygen atoms in total. The number of benzene rings is 2. The molecule has 0 unspecified atom stereocenters. The van der Waals surface area contributed by atoms with Crippen LogP contribution >= 0.6 is 11.6 Å². The molecule has 0 aliphatic carbocycles. The molecular weight excluding hydrogens is 512 g/mol. The second-order valence-corrected chi connectivity index (χ2v) is 8.94. The van der Waals surface area contributed by atoms with Crippen LogP contribution in [0.25, 0.3) is 0 Å². The van der Waals surface area contributed by atoms with Crippen molar-refractivity contribution in [2.45, 2.75) is 26.9 Å². The fourth-order valence-corrected chi connectivity index (χ4v) is 3.79. The van der Waals surface area contributed by atoms with Crippen LogP contribution in [0, 0.1) is 12.8 Å². The van der Waals surface area contributed by atoms with Crippen molar-refractivity contribution in [3.05, 3.63) is 98.2 Å². The molecule has 4 aromatic rings. The van der Waals surface area contributed by atoms with Crippen LogP contribution in [-0.2, 0) is 22.6 Å². The molecule has 0 spiro atoms. The standard InChI is InChI=1S/C26H25ClN6O5/c1-16-12-20(8-9-21(16)38-22-13-28-10-11-29-22)30-24-31-25(35)33(14-17(2)23(34)37-3)26(36)32(24)15-18-4-6-19(27)7-5-18/h4-13,17H,14-15H2,1-3H3,(H,30,31,35)/t17-/m0/s1. The second-order valence-electron chi connectivity index (χ2n) is 8.50. The Kier molecular flexibility index (Phi) is 8.17. The minimum atomic E-state index is -0.792. The van der Waals surface area contributed by atoms with E-state index in [1.165, 1.54) is 24.1 Å². The van der Waals surface area contributed by atoms with Gasteiger partial charge >= 0.3 is 17.3 Å². The second kappa shape index (κ2) is 11.7. The molecule has 2 aromatic carbocycles. The van der Waals surface area contributed by atoms with Crippen molar-refractivity contribution in [3.8, 4) is 11.6 Å². The summed E-state index contributed by atoms with van der Waals surface area (Å²) < 4.78 is 12.8. The van der Waals surface area contributed by atoms with Gasteiger partial charge in [0.1, 0.15) is 5.75 Å². The molecule has 0 saturated carbocycles. The number of aryl methyl sites for hydroxylation is 1. The lowest BCUT2D eigenvalue weighted by molar-refractivity contribution is -0.145. The first-order valence-corrected chi connectivity index (χ1v) is 12.0. The topological polar surface area (TPSA) is 130 Å². The Hall–Kier alpha value is -4.51. The summed E-state index contributed by atoms with van der Waals surface area (Å²) in [6.45, 7) is 3.34. The van der Waals surface area contributed by atoms with Gasteiger partial charge in [-0.25, -0.2) is 19.1 Å². The first-order chi connectivity index (χ1) is 18.2. The number of halogens is 1. The van der Waals surface area contributed by atoms with E-state index in [0.29, 0.717) is 22.3 Å². The highest BCUT2D eigenvalue weighted by molar-refractivity contribution is 6.30. The fourth-order valence-electron chi connectivity index (χ4n) is 3.67. The Morgan fingerprint density at radius 2 is 1.87 bits per heavy atom. The molecule has 0 radical (unpaired) electrons. The van der Waals surface area contributed by atoms with E-state index >= 15 is 0 Å². The summed E-state index contributed by atoms with van der Waals surface area (Å²) in [5.74, 6) is -0.310. The molecule has 4 rings (SSSR count). The van der Waals surface area contributed by atoms with Crippen LogP contribution < -0.4 is 21.4 Å². The van der Waals surface area contributed by atoms with Gasteiger partial charge < -0.3 is 14.8 Å². The summed E-state index contributed by atoms with van der Waals surface area (Å²) >= 11 is 6.01. The molecule has 0 saturated heterocycles. The van der Waals surface area contributed by atoms with Gasteiger partial charge in [-0.3, -0.25) is 14.3 Å². The summed E-state index contributed by atoms with van der Waals surface area (Å²) in [6.07, 6.45) is 4.58. The zero-order valence-corrected chi connectivity index (χ0v) is 21.7. The Labute approximate surface area is 222 Å². The highest BCUT2D eigenvalue weighted by Gasteiger charge is 2.20. The summed E-state index contributed by atoms with van der Waals surface area (Å²) in [5.41, 5.74) is 0.687. The van der Waals surface area contributed by atoms with Crippen molar-refractivity contribution in [1.82, 2.24) is 24.1 Å². The SMILES string of the molecule is COC(=O)[C@@H](C)Cn1c(=O)nc(Nc2ccc(Oc3cnccn3)c(C)c2)n(Cc2ccc(Cl)cc2)c1=O. The third-order valence-electron chi connectivity index (χ3n) is 5.65. The molecular formula is C26H25ClN6O5. The Morgan fingerprint density at radius 3 is 2.53 bits per heavy atom. The van der Waals surface area contributed by atoms with E-state index < -0.39 is 23.3 Å². The number of carbonyl (C=O) groups excluding carboxylic acids is 1. The molecule has 12 heteroatoms. The van der Waals surface area contributed by atoms with E-state index in [1.807, 2.05) is 6.92 Å². The number of esters is 1. The summed E-state index contributed by atoms with van der Waals surface area (Å²) in [4.78, 5) is 50.5. The van der Waals surface area contributed by atoms with Gasteiger partial charge in [0, 0.05) is 29.6 Å². The third-order valence-corrected chi connectivity index (χ3v) is 5.90. The van der Waals surface area contributed by atoms with Crippen LogP contribution in [-0.4, -0.2) is 37.2 Å². The summed E-state index contributed by atoms with van der Waals surface area (Å²) in [6, 6.07) is 12.2. The van der Waals surface area contributed by atoms with Crippen LogP contribution in [0.3, 0.4) is 0 Å². The van der Waals surface area contributed by atoms with Crippen molar-refractivity contribution in [3.63, 3.8) is 0 Å². The quantitative estimate of drug-likeness (QED) is 0.319. The summed E-state index contributed by atoms with van der Waals surface area (Å²) in [5, 5.41) is 3.62. The van der Waals surface area contributed by atoms with Gasteiger partial charge in [0.15, 0.2) is 0 Å². The monoisotopic (exact) mass is 536 g/mol. The van der Waals surface area contributed by atoms with Crippen molar-refractivity contribution in [2.75, 3.05) is 12.4 Å². The average Bonchev–Trinajstić information content (AvgIpc) is 2.91. The first kappa shape index (κ1) is 26.6. The fraction of sp³-hybridized carbons (Fsp3) is 0.231. The average molecular weight is 537 g/mol. The van der Waals surface area contributed by atoms with E-state index in [4.69, 9.17) is 21.1 Å². The highest BCUT2D eigenvalue weighted by atomic mass is 35.5. The molecule has 0 fully saturated rings. The molecule has 0 aliphatic heterocycles. The number of hydrogen-bond acceptors (Lipinski definition) is 9. The number of hydrogen-bond donors (Lipinski definition) is 1. The lowest BCUT2D eigenvalue weighted by atomic mass is 10.2. The van der Waals surface area contributed by atoms with Crippen LogP contribution in [0.4, 0.5) is 11.6 Å². The van der Waals surface area contributed by atoms with Crippen molar-refractivity contribution < 1.29 is 14.3 Å². The van der Waals surface area contributed by atoms with E-state index in [2.05, 4.69) is 20.3 Å². The Bertz CT molecular complexity index is 1550. The zero-order chi connectivity index (χ0) is 27.2. The zero-order valence-electron chi connectivity index (χ0n) is 20.9. The maximum absolute atomic E-state index is 13.5. The highest BCUT2D eigenvalue weighted by Crippen LogP contribution is 2.27. The molecule has 0 bridgehead atoms. The number of anilines is 2. The van der Waals surface area contributed by atoms with Gasteiger partial charge in [0.2, 0.25) is 11.8 Å². The maximum atomic E-state index is 13.5. The Balaban J connectivity index is 1.69.